The van der Waals surface area contributed by atoms with Crippen molar-refractivity contribution in [3.8, 4) is 0 Å². The van der Waals surface area contributed by atoms with Gasteiger partial charge in [0.15, 0.2) is 0 Å². The Morgan fingerprint density at radius 3 is 2.42 bits per heavy atom. The minimum absolute atomic E-state index is 0.112. The second-order valence-electron chi connectivity index (χ2n) is 6.20. The largest absolute Gasteiger partial charge is 0.282 e. The lowest BCUT2D eigenvalue weighted by Gasteiger charge is -2.29. The van der Waals surface area contributed by atoms with Gasteiger partial charge in [0.2, 0.25) is 0 Å². The van der Waals surface area contributed by atoms with Crippen LogP contribution in [-0.4, -0.2) is 35.1 Å². The SMILES string of the molecule is Cc1cccc(CN(Cc2ccccn2)S(=O)(=O)N(C)C(C)C)c1. The fraction of sp³-hybridized carbons (Fsp3) is 0.389. The number of benzene rings is 1. The molecule has 0 amide bonds. The highest BCUT2D eigenvalue weighted by molar-refractivity contribution is 7.86. The van der Waals surface area contributed by atoms with Crippen molar-refractivity contribution < 1.29 is 8.42 Å². The average molecular weight is 347 g/mol. The molecule has 1 heterocycles. The highest BCUT2D eigenvalue weighted by Crippen LogP contribution is 2.18. The molecule has 0 aliphatic carbocycles. The number of nitrogens with zero attached hydrogens (tertiary/aromatic N) is 3. The third kappa shape index (κ3) is 4.63. The molecule has 24 heavy (non-hydrogen) atoms. The van der Waals surface area contributed by atoms with E-state index in [1.54, 1.807) is 13.2 Å². The summed E-state index contributed by atoms with van der Waals surface area (Å²) in [6, 6.07) is 13.3. The topological polar surface area (TPSA) is 53.5 Å². The molecule has 2 rings (SSSR count). The number of rotatable bonds is 7. The Hall–Kier alpha value is -1.76. The van der Waals surface area contributed by atoms with Gasteiger partial charge in [-0.2, -0.15) is 17.0 Å². The number of hydrogen-bond acceptors (Lipinski definition) is 3. The predicted octanol–water partition coefficient (Wildman–Crippen LogP) is 2.98. The lowest BCUT2D eigenvalue weighted by Crippen LogP contribution is -2.44. The van der Waals surface area contributed by atoms with Gasteiger partial charge in [-0.15, -0.1) is 0 Å². The summed E-state index contributed by atoms with van der Waals surface area (Å²) in [6.45, 7) is 6.29. The summed E-state index contributed by atoms with van der Waals surface area (Å²) in [7, 11) is -1.97. The molecule has 0 saturated heterocycles. The van der Waals surface area contributed by atoms with Crippen LogP contribution in [0.25, 0.3) is 0 Å². The summed E-state index contributed by atoms with van der Waals surface area (Å²) in [5.74, 6) is 0. The third-order valence-electron chi connectivity index (χ3n) is 3.92. The van der Waals surface area contributed by atoms with Crippen LogP contribution in [0.3, 0.4) is 0 Å². The van der Waals surface area contributed by atoms with Crippen LogP contribution < -0.4 is 0 Å². The number of aryl methyl sites for hydroxylation is 1. The minimum atomic E-state index is -3.58. The summed E-state index contributed by atoms with van der Waals surface area (Å²) in [5, 5.41) is 0. The highest BCUT2D eigenvalue weighted by Gasteiger charge is 2.29. The molecule has 0 unspecified atom stereocenters. The van der Waals surface area contributed by atoms with E-state index in [0.29, 0.717) is 6.54 Å². The Morgan fingerprint density at radius 2 is 1.83 bits per heavy atom. The van der Waals surface area contributed by atoms with Gasteiger partial charge in [0.1, 0.15) is 0 Å². The third-order valence-corrected chi connectivity index (χ3v) is 5.98. The predicted molar refractivity (Wildman–Crippen MR) is 96.5 cm³/mol. The standard InChI is InChI=1S/C18H25N3O2S/c1-15(2)20(4)24(22,23)21(14-18-10-5-6-11-19-18)13-17-9-7-8-16(3)12-17/h5-12,15H,13-14H2,1-4H3. The van der Waals surface area contributed by atoms with Gasteiger partial charge in [-0.05, 0) is 38.5 Å². The zero-order valence-electron chi connectivity index (χ0n) is 14.7. The molecule has 5 nitrogen and oxygen atoms in total. The first-order chi connectivity index (χ1) is 11.3. The quantitative estimate of drug-likeness (QED) is 0.774. The van der Waals surface area contributed by atoms with Gasteiger partial charge in [-0.25, -0.2) is 0 Å². The molecule has 2 aromatic rings. The second kappa shape index (κ2) is 7.88. The number of aromatic nitrogens is 1. The van der Waals surface area contributed by atoms with Crippen LogP contribution in [0.5, 0.6) is 0 Å². The van der Waals surface area contributed by atoms with Gasteiger partial charge >= 0.3 is 0 Å². The molecule has 1 aromatic heterocycles. The molecule has 0 fully saturated rings. The fourth-order valence-electron chi connectivity index (χ4n) is 2.35. The molecule has 0 saturated carbocycles. The van der Waals surface area contributed by atoms with Gasteiger partial charge in [-0.3, -0.25) is 4.98 Å². The maximum absolute atomic E-state index is 13.0. The van der Waals surface area contributed by atoms with Gasteiger partial charge in [0.05, 0.1) is 12.2 Å². The monoisotopic (exact) mass is 347 g/mol. The Labute approximate surface area is 145 Å². The average Bonchev–Trinajstić information content (AvgIpc) is 2.54. The van der Waals surface area contributed by atoms with E-state index >= 15 is 0 Å². The van der Waals surface area contributed by atoms with E-state index in [0.717, 1.165) is 16.8 Å². The first-order valence-electron chi connectivity index (χ1n) is 7.99. The molecule has 1 aromatic carbocycles. The van der Waals surface area contributed by atoms with Crippen molar-refractivity contribution >= 4 is 10.2 Å². The maximum Gasteiger partial charge on any atom is 0.282 e. The molecule has 0 aliphatic heterocycles. The van der Waals surface area contributed by atoms with E-state index in [1.807, 2.05) is 63.2 Å². The normalized spacial score (nSPS) is 12.3. The van der Waals surface area contributed by atoms with Crippen molar-refractivity contribution in [3.05, 3.63) is 65.5 Å². The van der Waals surface area contributed by atoms with Crippen LogP contribution in [0.2, 0.25) is 0 Å². The fourth-order valence-corrected chi connectivity index (χ4v) is 3.86. The summed E-state index contributed by atoms with van der Waals surface area (Å²) < 4.78 is 28.9. The molecule has 130 valence electrons. The van der Waals surface area contributed by atoms with Crippen molar-refractivity contribution in [1.82, 2.24) is 13.6 Å². The zero-order valence-corrected chi connectivity index (χ0v) is 15.5. The Balaban J connectivity index is 2.34. The molecule has 6 heteroatoms. The van der Waals surface area contributed by atoms with Crippen LogP contribution in [0.4, 0.5) is 0 Å². The summed E-state index contributed by atoms with van der Waals surface area (Å²) in [4.78, 5) is 4.27. The van der Waals surface area contributed by atoms with Gasteiger partial charge in [0.25, 0.3) is 10.2 Å². The first-order valence-corrected chi connectivity index (χ1v) is 9.39. The lowest BCUT2D eigenvalue weighted by molar-refractivity contribution is 0.324. The minimum Gasteiger partial charge on any atom is -0.260 e. The summed E-state index contributed by atoms with van der Waals surface area (Å²) >= 11 is 0. The van der Waals surface area contributed by atoms with Gasteiger partial charge in [-0.1, -0.05) is 35.9 Å². The van der Waals surface area contributed by atoms with Crippen molar-refractivity contribution in [2.75, 3.05) is 7.05 Å². The van der Waals surface area contributed by atoms with E-state index in [1.165, 1.54) is 8.61 Å². The van der Waals surface area contributed by atoms with Gasteiger partial charge in [0, 0.05) is 25.8 Å². The number of hydrogen-bond donors (Lipinski definition) is 0. The van der Waals surface area contributed by atoms with Crippen LogP contribution in [-0.2, 0) is 23.3 Å². The molecule has 0 spiro atoms. The van der Waals surface area contributed by atoms with Crippen molar-refractivity contribution in [2.45, 2.75) is 39.9 Å². The van der Waals surface area contributed by atoms with Crippen LogP contribution >= 0.6 is 0 Å². The van der Waals surface area contributed by atoms with E-state index in [2.05, 4.69) is 4.98 Å². The van der Waals surface area contributed by atoms with Crippen LogP contribution in [0.15, 0.2) is 48.7 Å². The molecule has 0 radical (unpaired) electrons. The van der Waals surface area contributed by atoms with Gasteiger partial charge < -0.3 is 0 Å². The lowest BCUT2D eigenvalue weighted by atomic mass is 10.1. The summed E-state index contributed by atoms with van der Waals surface area (Å²) in [6.07, 6.45) is 1.68. The molecule has 0 bridgehead atoms. The Bertz CT molecular complexity index is 761. The smallest absolute Gasteiger partial charge is 0.260 e. The molecule has 0 atom stereocenters. The Morgan fingerprint density at radius 1 is 1.08 bits per heavy atom. The Kier molecular flexibility index (Phi) is 6.10. The van der Waals surface area contributed by atoms with Crippen molar-refractivity contribution in [1.29, 1.82) is 0 Å². The molecule has 0 N–H and O–H groups in total. The first kappa shape index (κ1) is 18.6. The summed E-state index contributed by atoms with van der Waals surface area (Å²) in [5.41, 5.74) is 2.80. The maximum atomic E-state index is 13.0. The van der Waals surface area contributed by atoms with Crippen LogP contribution in [0, 0.1) is 6.92 Å². The highest BCUT2D eigenvalue weighted by atomic mass is 32.2. The molecular formula is C18H25N3O2S. The van der Waals surface area contributed by atoms with Crippen LogP contribution in [0.1, 0.15) is 30.7 Å². The van der Waals surface area contributed by atoms with E-state index in [9.17, 15) is 8.42 Å². The van der Waals surface area contributed by atoms with E-state index in [-0.39, 0.29) is 12.6 Å². The molecular weight excluding hydrogens is 322 g/mol. The van der Waals surface area contributed by atoms with Crippen molar-refractivity contribution in [2.24, 2.45) is 0 Å². The van der Waals surface area contributed by atoms with E-state index in [4.69, 9.17) is 0 Å². The number of pyridine rings is 1. The van der Waals surface area contributed by atoms with E-state index < -0.39 is 10.2 Å². The second-order valence-corrected chi connectivity index (χ2v) is 8.18. The van der Waals surface area contributed by atoms with Crippen molar-refractivity contribution in [3.63, 3.8) is 0 Å². The molecule has 0 aliphatic rings. The zero-order chi connectivity index (χ0) is 17.7.